The minimum Gasteiger partial charge on any atom is -0.330 e. The molecule has 0 aromatic carbocycles. The topological polar surface area (TPSA) is 60.4 Å². The normalized spacial score (nSPS) is 14.7. The van der Waals surface area contributed by atoms with Gasteiger partial charge in [0, 0.05) is 6.26 Å². The maximum Gasteiger partial charge on any atom is 0.206 e. The van der Waals surface area contributed by atoms with Gasteiger partial charge in [-0.1, -0.05) is 6.92 Å². The molecule has 1 atom stereocenters. The van der Waals surface area contributed by atoms with E-state index < -0.39 is 17.9 Å². The molecule has 0 aromatic rings. The molecule has 6 heteroatoms. The highest BCUT2D eigenvalue weighted by Gasteiger charge is 2.08. The fourth-order valence-corrected chi connectivity index (χ4v) is 2.95. The Labute approximate surface area is 67.7 Å². The molecule has 0 heterocycles. The van der Waals surface area contributed by atoms with E-state index in [0.29, 0.717) is 6.61 Å². The zero-order valence-electron chi connectivity index (χ0n) is 6.66. The molecule has 0 amide bonds. The first kappa shape index (κ1) is 11.1. The van der Waals surface area contributed by atoms with E-state index in [-0.39, 0.29) is 5.49 Å². The molecule has 68 valence electrons. The molecule has 0 saturated carbocycles. The van der Waals surface area contributed by atoms with E-state index in [4.69, 9.17) is 4.52 Å². The van der Waals surface area contributed by atoms with Crippen LogP contribution in [0.1, 0.15) is 13.3 Å². The van der Waals surface area contributed by atoms with Gasteiger partial charge in [-0.25, -0.2) is 8.42 Å². The highest BCUT2D eigenvalue weighted by Crippen LogP contribution is 2.23. The number of hydrogen-bond acceptors (Lipinski definition) is 4. The van der Waals surface area contributed by atoms with Crippen LogP contribution in [0.2, 0.25) is 0 Å². The Morgan fingerprint density at radius 2 is 2.00 bits per heavy atom. The number of sulfone groups is 1. The average molecular weight is 200 g/mol. The predicted octanol–water partition coefficient (Wildman–Crippen LogP) is 0.890. The minimum atomic E-state index is -3.15. The Morgan fingerprint density at radius 1 is 1.45 bits per heavy atom. The molecule has 0 aromatic heterocycles. The lowest BCUT2D eigenvalue weighted by molar-refractivity contribution is 0.331. The highest BCUT2D eigenvalue weighted by atomic mass is 32.2. The molecule has 0 fully saturated rings. The van der Waals surface area contributed by atoms with Crippen molar-refractivity contribution in [1.29, 1.82) is 0 Å². The van der Waals surface area contributed by atoms with Crippen molar-refractivity contribution in [3.63, 3.8) is 0 Å². The molecule has 0 aliphatic carbocycles. The molecule has 4 nitrogen and oxygen atoms in total. The molecule has 0 aliphatic rings. The Kier molecular flexibility index (Phi) is 4.97. The fraction of sp³-hybridized carbons (Fsp3) is 1.00. The molecule has 0 aliphatic heterocycles. The van der Waals surface area contributed by atoms with Crippen LogP contribution in [0, 0.1) is 0 Å². The average Bonchev–Trinajstić information content (AvgIpc) is 1.79. The summed E-state index contributed by atoms with van der Waals surface area (Å²) in [5.41, 5.74) is -0.336. The summed E-state index contributed by atoms with van der Waals surface area (Å²) >= 11 is 0. The predicted molar refractivity (Wildman–Crippen MR) is 45.0 cm³/mol. The summed E-state index contributed by atoms with van der Waals surface area (Å²) in [4.78, 5) is 0. The molecule has 0 N–H and O–H groups in total. The Balaban J connectivity index is 3.71. The summed E-state index contributed by atoms with van der Waals surface area (Å²) in [5, 5.41) is 0. The van der Waals surface area contributed by atoms with E-state index in [1.807, 2.05) is 6.92 Å². The van der Waals surface area contributed by atoms with Crippen molar-refractivity contribution in [2.24, 2.45) is 0 Å². The van der Waals surface area contributed by atoms with Crippen LogP contribution in [0.5, 0.6) is 0 Å². The smallest absolute Gasteiger partial charge is 0.206 e. The van der Waals surface area contributed by atoms with Gasteiger partial charge < -0.3 is 4.52 Å². The molecule has 0 bridgehead atoms. The van der Waals surface area contributed by atoms with Crippen LogP contribution in [0.15, 0.2) is 0 Å². The SMILES string of the molecule is CCCO[PH](=O)CS(C)(=O)=O. The molecule has 0 saturated heterocycles. The lowest BCUT2D eigenvalue weighted by Gasteiger charge is -1.99. The highest BCUT2D eigenvalue weighted by molar-refractivity contribution is 7.95. The largest absolute Gasteiger partial charge is 0.330 e. The van der Waals surface area contributed by atoms with Crippen molar-refractivity contribution in [2.45, 2.75) is 13.3 Å². The fourth-order valence-electron chi connectivity index (χ4n) is 0.472. The summed E-state index contributed by atoms with van der Waals surface area (Å²) in [7, 11) is -5.49. The zero-order valence-corrected chi connectivity index (χ0v) is 8.48. The van der Waals surface area contributed by atoms with Gasteiger partial charge in [-0.15, -0.1) is 0 Å². The van der Waals surface area contributed by atoms with Crippen molar-refractivity contribution in [3.05, 3.63) is 0 Å². The van der Waals surface area contributed by atoms with Gasteiger partial charge in [-0.05, 0) is 6.42 Å². The minimum absolute atomic E-state index is 0.336. The van der Waals surface area contributed by atoms with E-state index in [9.17, 15) is 13.0 Å². The Morgan fingerprint density at radius 3 is 2.36 bits per heavy atom. The van der Waals surface area contributed by atoms with Crippen LogP contribution in [0.25, 0.3) is 0 Å². The van der Waals surface area contributed by atoms with Gasteiger partial charge in [0.1, 0.15) is 5.49 Å². The third-order valence-corrected chi connectivity index (χ3v) is 4.41. The third kappa shape index (κ3) is 8.04. The van der Waals surface area contributed by atoms with Crippen molar-refractivity contribution in [2.75, 3.05) is 18.4 Å². The maximum atomic E-state index is 10.8. The lowest BCUT2D eigenvalue weighted by Crippen LogP contribution is -2.00. The van der Waals surface area contributed by atoms with Crippen LogP contribution < -0.4 is 0 Å². The van der Waals surface area contributed by atoms with Crippen LogP contribution in [0.3, 0.4) is 0 Å². The van der Waals surface area contributed by atoms with Gasteiger partial charge in [0.25, 0.3) is 0 Å². The number of rotatable bonds is 5. The van der Waals surface area contributed by atoms with Crippen molar-refractivity contribution >= 4 is 17.9 Å². The Hall–Kier alpha value is 0.140. The first-order valence-electron chi connectivity index (χ1n) is 3.29. The second kappa shape index (κ2) is 4.91. The zero-order chi connectivity index (χ0) is 8.91. The van der Waals surface area contributed by atoms with Gasteiger partial charge in [0.15, 0.2) is 9.84 Å². The van der Waals surface area contributed by atoms with Crippen LogP contribution >= 0.6 is 8.03 Å². The summed E-state index contributed by atoms with van der Waals surface area (Å²) in [5.74, 6) is 0. The first-order valence-corrected chi connectivity index (χ1v) is 6.87. The van der Waals surface area contributed by atoms with E-state index >= 15 is 0 Å². The molecule has 0 radical (unpaired) electrons. The van der Waals surface area contributed by atoms with E-state index in [2.05, 4.69) is 0 Å². The summed E-state index contributed by atoms with van der Waals surface area (Å²) in [6.45, 7) is 2.24. The molecule has 1 unspecified atom stereocenters. The molecule has 0 rings (SSSR count). The van der Waals surface area contributed by atoms with E-state index in [1.165, 1.54) is 0 Å². The quantitative estimate of drug-likeness (QED) is 0.618. The van der Waals surface area contributed by atoms with Crippen molar-refractivity contribution < 1.29 is 17.5 Å². The Bertz CT molecular complexity index is 221. The first-order chi connectivity index (χ1) is 4.95. The van der Waals surface area contributed by atoms with E-state index in [1.54, 1.807) is 0 Å². The maximum absolute atomic E-state index is 10.8. The lowest BCUT2D eigenvalue weighted by atomic mass is 10.5. The monoisotopic (exact) mass is 200 g/mol. The second-order valence-electron chi connectivity index (χ2n) is 2.29. The summed E-state index contributed by atoms with van der Waals surface area (Å²) in [6, 6.07) is 0. The summed E-state index contributed by atoms with van der Waals surface area (Å²) in [6.07, 6.45) is 1.80. The van der Waals surface area contributed by atoms with Gasteiger partial charge in [-0.2, -0.15) is 0 Å². The standard InChI is InChI=1S/C5H13O4PS/c1-3-4-9-10(6)5-11(2,7)8/h10H,3-5H2,1-2H3. The van der Waals surface area contributed by atoms with Gasteiger partial charge in [-0.3, -0.25) is 4.57 Å². The molecular formula is C5H13O4PS. The van der Waals surface area contributed by atoms with Crippen LogP contribution in [-0.4, -0.2) is 26.8 Å². The molecule has 11 heavy (non-hydrogen) atoms. The number of hydrogen-bond donors (Lipinski definition) is 0. The van der Waals surface area contributed by atoms with E-state index in [0.717, 1.165) is 12.7 Å². The summed E-state index contributed by atoms with van der Waals surface area (Å²) < 4.78 is 36.6. The van der Waals surface area contributed by atoms with Crippen LogP contribution in [0.4, 0.5) is 0 Å². The third-order valence-electron chi connectivity index (χ3n) is 0.847. The second-order valence-corrected chi connectivity index (χ2v) is 6.33. The van der Waals surface area contributed by atoms with Crippen molar-refractivity contribution in [3.8, 4) is 0 Å². The van der Waals surface area contributed by atoms with Gasteiger partial charge >= 0.3 is 0 Å². The molecule has 0 spiro atoms. The van der Waals surface area contributed by atoms with Crippen molar-refractivity contribution in [1.82, 2.24) is 0 Å². The van der Waals surface area contributed by atoms with Gasteiger partial charge in [0.05, 0.1) is 6.61 Å². The van der Waals surface area contributed by atoms with Crippen LogP contribution in [-0.2, 0) is 18.9 Å². The van der Waals surface area contributed by atoms with Gasteiger partial charge in [0.2, 0.25) is 8.03 Å². The molecular weight excluding hydrogens is 187 g/mol.